The van der Waals surface area contributed by atoms with Crippen molar-refractivity contribution in [3.8, 4) is 0 Å². The molecule has 0 radical (unpaired) electrons. The Labute approximate surface area is 140 Å². The SMILES string of the molecule is CCC(OC(=O)c1ccc(C(F)(F)F)cc1)C(=O)Nc1cc(C)on1. The number of aromatic nitrogens is 1. The van der Waals surface area contributed by atoms with Crippen molar-refractivity contribution in [3.63, 3.8) is 0 Å². The molecule has 1 amide bonds. The van der Waals surface area contributed by atoms with E-state index >= 15 is 0 Å². The van der Waals surface area contributed by atoms with Crippen LogP contribution in [0.4, 0.5) is 19.0 Å². The average Bonchev–Trinajstić information content (AvgIpc) is 2.96. The van der Waals surface area contributed by atoms with Gasteiger partial charge in [0.25, 0.3) is 5.91 Å². The Morgan fingerprint density at radius 2 is 1.92 bits per heavy atom. The highest BCUT2D eigenvalue weighted by Crippen LogP contribution is 2.29. The maximum Gasteiger partial charge on any atom is 0.416 e. The molecule has 9 heteroatoms. The highest BCUT2D eigenvalue weighted by Gasteiger charge is 2.30. The minimum Gasteiger partial charge on any atom is -0.449 e. The van der Waals surface area contributed by atoms with Crippen LogP contribution >= 0.6 is 0 Å². The minimum absolute atomic E-state index is 0.0865. The summed E-state index contributed by atoms with van der Waals surface area (Å²) in [5.74, 6) is -0.847. The summed E-state index contributed by atoms with van der Waals surface area (Å²) in [5, 5.41) is 6.02. The van der Waals surface area contributed by atoms with Crippen LogP contribution in [0.3, 0.4) is 0 Å². The number of nitrogens with one attached hydrogen (secondary N) is 1. The molecule has 25 heavy (non-hydrogen) atoms. The van der Waals surface area contributed by atoms with Gasteiger partial charge < -0.3 is 14.6 Å². The van der Waals surface area contributed by atoms with Gasteiger partial charge in [0.05, 0.1) is 11.1 Å². The Bertz CT molecular complexity index is 753. The predicted octanol–water partition coefficient (Wildman–Crippen LogP) is 3.58. The molecule has 0 aliphatic carbocycles. The molecule has 0 bridgehead atoms. The molecule has 134 valence electrons. The van der Waals surface area contributed by atoms with Crippen molar-refractivity contribution in [3.05, 3.63) is 47.2 Å². The van der Waals surface area contributed by atoms with Gasteiger partial charge in [-0.3, -0.25) is 4.79 Å². The summed E-state index contributed by atoms with van der Waals surface area (Å²) in [5.41, 5.74) is -0.966. The van der Waals surface area contributed by atoms with Crippen LogP contribution in [0.2, 0.25) is 0 Å². The van der Waals surface area contributed by atoms with E-state index in [-0.39, 0.29) is 17.8 Å². The molecule has 1 unspecified atom stereocenters. The quantitative estimate of drug-likeness (QED) is 0.828. The van der Waals surface area contributed by atoms with Gasteiger partial charge in [-0.1, -0.05) is 12.1 Å². The first-order valence-electron chi connectivity index (χ1n) is 7.33. The number of rotatable bonds is 5. The Morgan fingerprint density at radius 1 is 1.28 bits per heavy atom. The van der Waals surface area contributed by atoms with Crippen LogP contribution < -0.4 is 5.32 Å². The molecule has 0 saturated heterocycles. The molecule has 1 aromatic carbocycles. The van der Waals surface area contributed by atoms with Gasteiger partial charge in [-0.05, 0) is 37.6 Å². The molecule has 0 saturated carbocycles. The second kappa shape index (κ2) is 7.37. The van der Waals surface area contributed by atoms with Gasteiger partial charge >= 0.3 is 12.1 Å². The van der Waals surface area contributed by atoms with E-state index in [1.165, 1.54) is 6.07 Å². The van der Waals surface area contributed by atoms with Crippen molar-refractivity contribution in [1.29, 1.82) is 0 Å². The zero-order valence-electron chi connectivity index (χ0n) is 13.4. The lowest BCUT2D eigenvalue weighted by Crippen LogP contribution is -2.32. The molecular formula is C16H15F3N2O4. The van der Waals surface area contributed by atoms with Gasteiger partial charge in [0.2, 0.25) is 0 Å². The summed E-state index contributed by atoms with van der Waals surface area (Å²) in [7, 11) is 0. The molecule has 2 rings (SSSR count). The molecule has 2 aromatic rings. The summed E-state index contributed by atoms with van der Waals surface area (Å²) in [6, 6.07) is 5.03. The van der Waals surface area contributed by atoms with Crippen LogP contribution in [-0.2, 0) is 15.7 Å². The minimum atomic E-state index is -4.50. The average molecular weight is 356 g/mol. The number of alkyl halides is 3. The zero-order valence-corrected chi connectivity index (χ0v) is 13.4. The molecule has 0 fully saturated rings. The summed E-state index contributed by atoms with van der Waals surface area (Å²) in [4.78, 5) is 24.1. The first-order chi connectivity index (χ1) is 11.7. The predicted molar refractivity (Wildman–Crippen MR) is 80.8 cm³/mol. The summed E-state index contributed by atoms with van der Waals surface area (Å²) in [6.45, 7) is 3.27. The second-order valence-electron chi connectivity index (χ2n) is 5.19. The van der Waals surface area contributed by atoms with Gasteiger partial charge in [0.15, 0.2) is 11.9 Å². The van der Waals surface area contributed by atoms with Crippen LogP contribution in [0.15, 0.2) is 34.9 Å². The number of carbonyl (C=O) groups is 2. The van der Waals surface area contributed by atoms with Gasteiger partial charge in [-0.2, -0.15) is 13.2 Å². The maximum atomic E-state index is 12.5. The molecule has 0 aliphatic heterocycles. The maximum absolute atomic E-state index is 12.5. The molecule has 0 aliphatic rings. The molecule has 1 atom stereocenters. The van der Waals surface area contributed by atoms with E-state index in [1.54, 1.807) is 13.8 Å². The van der Waals surface area contributed by atoms with Crippen molar-refractivity contribution in [2.24, 2.45) is 0 Å². The molecular weight excluding hydrogens is 341 g/mol. The van der Waals surface area contributed by atoms with E-state index in [2.05, 4.69) is 10.5 Å². The van der Waals surface area contributed by atoms with Crippen LogP contribution in [0.5, 0.6) is 0 Å². The molecule has 1 N–H and O–H groups in total. The fraction of sp³-hybridized carbons (Fsp3) is 0.312. The lowest BCUT2D eigenvalue weighted by Gasteiger charge is -2.15. The van der Waals surface area contributed by atoms with Crippen molar-refractivity contribution in [1.82, 2.24) is 5.16 Å². The van der Waals surface area contributed by atoms with Crippen molar-refractivity contribution >= 4 is 17.7 Å². The Hall–Kier alpha value is -2.84. The van der Waals surface area contributed by atoms with Crippen molar-refractivity contribution in [2.45, 2.75) is 32.5 Å². The van der Waals surface area contributed by atoms with E-state index in [0.29, 0.717) is 5.76 Å². The Morgan fingerprint density at radius 3 is 2.40 bits per heavy atom. The number of carbonyl (C=O) groups excluding carboxylic acids is 2. The van der Waals surface area contributed by atoms with E-state index in [1.807, 2.05) is 0 Å². The van der Waals surface area contributed by atoms with Gasteiger partial charge in [0.1, 0.15) is 5.76 Å². The lowest BCUT2D eigenvalue weighted by molar-refractivity contribution is -0.137. The van der Waals surface area contributed by atoms with Crippen molar-refractivity contribution < 1.29 is 32.0 Å². The third-order valence-corrected chi connectivity index (χ3v) is 3.24. The van der Waals surface area contributed by atoms with Gasteiger partial charge in [-0.25, -0.2) is 4.79 Å². The first-order valence-corrected chi connectivity index (χ1v) is 7.33. The first kappa shape index (κ1) is 18.5. The second-order valence-corrected chi connectivity index (χ2v) is 5.19. The van der Waals surface area contributed by atoms with E-state index < -0.39 is 29.7 Å². The number of ether oxygens (including phenoxy) is 1. The van der Waals surface area contributed by atoms with Crippen molar-refractivity contribution in [2.75, 3.05) is 5.32 Å². The number of benzene rings is 1. The van der Waals surface area contributed by atoms with Crippen LogP contribution in [-0.4, -0.2) is 23.1 Å². The number of aryl methyl sites for hydroxylation is 1. The zero-order chi connectivity index (χ0) is 18.6. The smallest absolute Gasteiger partial charge is 0.416 e. The lowest BCUT2D eigenvalue weighted by atomic mass is 10.1. The fourth-order valence-corrected chi connectivity index (χ4v) is 1.95. The third-order valence-electron chi connectivity index (χ3n) is 3.24. The number of nitrogens with zero attached hydrogens (tertiary/aromatic N) is 1. The number of halogens is 3. The molecule has 1 heterocycles. The summed E-state index contributed by atoms with van der Waals surface area (Å²) >= 11 is 0. The molecule has 1 aromatic heterocycles. The number of amides is 1. The summed E-state index contributed by atoms with van der Waals surface area (Å²) in [6.07, 6.45) is -5.44. The van der Waals surface area contributed by atoms with Crippen LogP contribution in [0, 0.1) is 6.92 Å². The molecule has 6 nitrogen and oxygen atoms in total. The van der Waals surface area contributed by atoms with Crippen LogP contribution in [0.1, 0.15) is 35.0 Å². The summed E-state index contributed by atoms with van der Waals surface area (Å²) < 4.78 is 47.4. The monoisotopic (exact) mass is 356 g/mol. The Kier molecular flexibility index (Phi) is 5.45. The Balaban J connectivity index is 2.02. The van der Waals surface area contributed by atoms with Gasteiger partial charge in [-0.15, -0.1) is 0 Å². The van der Waals surface area contributed by atoms with E-state index in [9.17, 15) is 22.8 Å². The molecule has 0 spiro atoms. The van der Waals surface area contributed by atoms with Gasteiger partial charge in [0, 0.05) is 6.07 Å². The largest absolute Gasteiger partial charge is 0.449 e. The number of anilines is 1. The number of esters is 1. The third kappa shape index (κ3) is 4.82. The normalized spacial score (nSPS) is 12.5. The number of hydrogen-bond donors (Lipinski definition) is 1. The van der Waals surface area contributed by atoms with Crippen LogP contribution in [0.25, 0.3) is 0 Å². The highest BCUT2D eigenvalue weighted by atomic mass is 19.4. The fourth-order valence-electron chi connectivity index (χ4n) is 1.95. The highest BCUT2D eigenvalue weighted by molar-refractivity contribution is 5.97. The number of hydrogen-bond acceptors (Lipinski definition) is 5. The van der Waals surface area contributed by atoms with E-state index in [0.717, 1.165) is 24.3 Å². The topological polar surface area (TPSA) is 81.4 Å². The van der Waals surface area contributed by atoms with E-state index in [4.69, 9.17) is 9.26 Å². The standard InChI is InChI=1S/C16H15F3N2O4/c1-3-12(14(22)20-13-8-9(2)25-21-13)24-15(23)10-4-6-11(7-5-10)16(17,18)19/h4-8,12H,3H2,1-2H3,(H,20,21,22).